The lowest BCUT2D eigenvalue weighted by atomic mass is 9.95. The van der Waals surface area contributed by atoms with Gasteiger partial charge in [-0.2, -0.15) is 0 Å². The molecule has 4 heteroatoms. The average molecular weight is 261 g/mol. The Morgan fingerprint density at radius 1 is 1.42 bits per heavy atom. The molecule has 3 rings (SSSR count). The van der Waals surface area contributed by atoms with E-state index < -0.39 is 0 Å². The zero-order chi connectivity index (χ0) is 13.2. The van der Waals surface area contributed by atoms with Crippen molar-refractivity contribution in [1.29, 1.82) is 0 Å². The fourth-order valence-electron chi connectivity index (χ4n) is 3.04. The van der Waals surface area contributed by atoms with Crippen LogP contribution in [0.5, 0.6) is 5.75 Å². The first-order chi connectivity index (χ1) is 9.29. The van der Waals surface area contributed by atoms with Crippen molar-refractivity contribution in [3.05, 3.63) is 29.8 Å². The van der Waals surface area contributed by atoms with Crippen LogP contribution in [0.15, 0.2) is 24.3 Å². The van der Waals surface area contributed by atoms with E-state index in [1.807, 2.05) is 29.2 Å². The maximum Gasteiger partial charge on any atom is 0.229 e. The molecule has 0 aliphatic carbocycles. The van der Waals surface area contributed by atoms with Crippen molar-refractivity contribution in [3.8, 4) is 5.75 Å². The molecule has 0 aromatic heterocycles. The number of benzene rings is 1. The topological polar surface area (TPSA) is 49.8 Å². The molecule has 0 spiro atoms. The number of hydrogen-bond donors (Lipinski definition) is 1. The van der Waals surface area contributed by atoms with Gasteiger partial charge in [-0.1, -0.05) is 18.2 Å². The third-order valence-corrected chi connectivity index (χ3v) is 4.10. The molecule has 2 aliphatic heterocycles. The van der Waals surface area contributed by atoms with Gasteiger partial charge in [-0.25, -0.2) is 0 Å². The van der Waals surface area contributed by atoms with Gasteiger partial charge in [0.05, 0.1) is 18.6 Å². The molecule has 4 nitrogen and oxygen atoms in total. The van der Waals surface area contributed by atoms with E-state index in [4.69, 9.17) is 4.74 Å². The van der Waals surface area contributed by atoms with E-state index in [0.29, 0.717) is 6.61 Å². The van der Waals surface area contributed by atoms with E-state index in [-0.39, 0.29) is 24.5 Å². The molecular weight excluding hydrogens is 242 g/mol. The summed E-state index contributed by atoms with van der Waals surface area (Å²) in [6.45, 7) is 1.28. The van der Waals surface area contributed by atoms with Crippen LogP contribution in [0, 0.1) is 5.92 Å². The number of likely N-dealkylation sites (tertiary alicyclic amines) is 1. The van der Waals surface area contributed by atoms with E-state index in [9.17, 15) is 9.90 Å². The zero-order valence-electron chi connectivity index (χ0n) is 10.9. The number of rotatable bonds is 2. The van der Waals surface area contributed by atoms with Crippen LogP contribution in [-0.4, -0.2) is 41.7 Å². The molecule has 2 heterocycles. The van der Waals surface area contributed by atoms with Gasteiger partial charge in [0.2, 0.25) is 5.91 Å². The molecule has 102 valence electrons. The number of amides is 1. The molecule has 1 N–H and O–H groups in total. The Bertz CT molecular complexity index is 474. The number of fused-ring (bicyclic) bond motifs is 1. The number of nitrogens with zero attached hydrogens (tertiary/aromatic N) is 1. The van der Waals surface area contributed by atoms with Gasteiger partial charge in [-0.15, -0.1) is 0 Å². The van der Waals surface area contributed by atoms with Gasteiger partial charge < -0.3 is 14.7 Å². The molecule has 1 aromatic rings. The summed E-state index contributed by atoms with van der Waals surface area (Å²) in [5, 5.41) is 9.32. The summed E-state index contributed by atoms with van der Waals surface area (Å²) in [6.07, 6.45) is 2.64. The molecule has 19 heavy (non-hydrogen) atoms. The normalized spacial score (nSPS) is 25.8. The smallest absolute Gasteiger partial charge is 0.229 e. The minimum Gasteiger partial charge on any atom is -0.492 e. The van der Waals surface area contributed by atoms with Crippen molar-refractivity contribution in [2.75, 3.05) is 19.8 Å². The fraction of sp³-hybridized carbons (Fsp3) is 0.533. The van der Waals surface area contributed by atoms with E-state index in [1.165, 1.54) is 0 Å². The highest BCUT2D eigenvalue weighted by atomic mass is 16.5. The average Bonchev–Trinajstić information content (AvgIpc) is 2.94. The quantitative estimate of drug-likeness (QED) is 0.871. The number of hydrogen-bond acceptors (Lipinski definition) is 3. The molecule has 0 radical (unpaired) electrons. The molecule has 2 aliphatic rings. The Labute approximate surface area is 113 Å². The first-order valence-corrected chi connectivity index (χ1v) is 6.91. The number of ether oxygens (including phenoxy) is 1. The van der Waals surface area contributed by atoms with Crippen molar-refractivity contribution in [2.45, 2.75) is 25.3 Å². The van der Waals surface area contributed by atoms with Gasteiger partial charge in [-0.3, -0.25) is 4.79 Å². The molecule has 0 bridgehead atoms. The Hall–Kier alpha value is -1.55. The van der Waals surface area contributed by atoms with Gasteiger partial charge in [-0.05, 0) is 30.9 Å². The van der Waals surface area contributed by atoms with Crippen LogP contribution in [0.2, 0.25) is 0 Å². The van der Waals surface area contributed by atoms with Crippen molar-refractivity contribution in [3.63, 3.8) is 0 Å². The summed E-state index contributed by atoms with van der Waals surface area (Å²) < 4.78 is 5.68. The minimum absolute atomic E-state index is 0.00432. The maximum atomic E-state index is 12.5. The van der Waals surface area contributed by atoms with Gasteiger partial charge in [0.1, 0.15) is 12.4 Å². The standard InChI is InChI=1S/C15H19NO3/c17-9-13-5-3-7-16(13)15(18)12-8-11-4-1-2-6-14(11)19-10-12/h1-2,4,6,12-13,17H,3,5,7-10H2/t12?,13-/m0/s1. The Morgan fingerprint density at radius 2 is 2.26 bits per heavy atom. The highest BCUT2D eigenvalue weighted by molar-refractivity contribution is 5.80. The molecule has 2 atom stereocenters. The number of aliphatic hydroxyl groups excluding tert-OH is 1. The van der Waals surface area contributed by atoms with Gasteiger partial charge >= 0.3 is 0 Å². The second kappa shape index (κ2) is 5.21. The third kappa shape index (κ3) is 2.32. The van der Waals surface area contributed by atoms with Crippen molar-refractivity contribution < 1.29 is 14.6 Å². The zero-order valence-corrected chi connectivity index (χ0v) is 10.9. The summed E-state index contributed by atoms with van der Waals surface area (Å²) >= 11 is 0. The molecule has 1 unspecified atom stereocenters. The molecule has 1 fully saturated rings. The lowest BCUT2D eigenvalue weighted by Gasteiger charge is -2.30. The third-order valence-electron chi connectivity index (χ3n) is 4.10. The first-order valence-electron chi connectivity index (χ1n) is 6.91. The summed E-state index contributed by atoms with van der Waals surface area (Å²) in [5.74, 6) is 0.916. The van der Waals surface area contributed by atoms with Crippen LogP contribution in [0.1, 0.15) is 18.4 Å². The van der Waals surface area contributed by atoms with Crippen molar-refractivity contribution >= 4 is 5.91 Å². The summed E-state index contributed by atoms with van der Waals surface area (Å²) in [7, 11) is 0. The summed E-state index contributed by atoms with van der Waals surface area (Å²) in [4.78, 5) is 14.3. The van der Waals surface area contributed by atoms with Crippen LogP contribution in [-0.2, 0) is 11.2 Å². The number of carbonyl (C=O) groups is 1. The van der Waals surface area contributed by atoms with Gasteiger partial charge in [0, 0.05) is 6.54 Å². The van der Waals surface area contributed by atoms with Crippen LogP contribution in [0.4, 0.5) is 0 Å². The molecular formula is C15H19NO3. The van der Waals surface area contributed by atoms with E-state index in [1.54, 1.807) is 0 Å². The maximum absolute atomic E-state index is 12.5. The van der Waals surface area contributed by atoms with Gasteiger partial charge in [0.25, 0.3) is 0 Å². The monoisotopic (exact) mass is 261 g/mol. The lowest BCUT2D eigenvalue weighted by Crippen LogP contribution is -2.44. The van der Waals surface area contributed by atoms with Crippen LogP contribution in [0.3, 0.4) is 0 Å². The Morgan fingerprint density at radius 3 is 3.11 bits per heavy atom. The predicted molar refractivity (Wildman–Crippen MR) is 71.0 cm³/mol. The van der Waals surface area contributed by atoms with Gasteiger partial charge in [0.15, 0.2) is 0 Å². The van der Waals surface area contributed by atoms with Crippen molar-refractivity contribution in [2.24, 2.45) is 5.92 Å². The molecule has 1 aromatic carbocycles. The van der Waals surface area contributed by atoms with E-state index in [2.05, 4.69) is 0 Å². The second-order valence-electron chi connectivity index (χ2n) is 5.33. The highest BCUT2D eigenvalue weighted by Crippen LogP contribution is 2.29. The summed E-state index contributed by atoms with van der Waals surface area (Å²) in [5.41, 5.74) is 1.10. The number of carbonyl (C=O) groups excluding carboxylic acids is 1. The number of aliphatic hydroxyl groups is 1. The minimum atomic E-state index is -0.109. The Kier molecular flexibility index (Phi) is 3.42. The second-order valence-corrected chi connectivity index (χ2v) is 5.33. The lowest BCUT2D eigenvalue weighted by molar-refractivity contribution is -0.138. The molecule has 1 saturated heterocycles. The van der Waals surface area contributed by atoms with Crippen LogP contribution in [0.25, 0.3) is 0 Å². The fourth-order valence-corrected chi connectivity index (χ4v) is 3.04. The van der Waals surface area contributed by atoms with Crippen LogP contribution >= 0.6 is 0 Å². The number of para-hydroxylation sites is 1. The molecule has 0 saturated carbocycles. The predicted octanol–water partition coefficient (Wildman–Crippen LogP) is 1.22. The summed E-state index contributed by atoms with van der Waals surface area (Å²) in [6, 6.07) is 7.89. The highest BCUT2D eigenvalue weighted by Gasteiger charge is 2.34. The van der Waals surface area contributed by atoms with E-state index in [0.717, 1.165) is 37.1 Å². The van der Waals surface area contributed by atoms with Crippen LogP contribution < -0.4 is 4.74 Å². The Balaban J connectivity index is 1.72. The SMILES string of the molecule is O=C(C1COc2ccccc2C1)N1CCC[C@H]1CO. The first kappa shape index (κ1) is 12.5. The molecule has 1 amide bonds. The van der Waals surface area contributed by atoms with E-state index >= 15 is 0 Å². The largest absolute Gasteiger partial charge is 0.492 e. The van der Waals surface area contributed by atoms with Crippen molar-refractivity contribution in [1.82, 2.24) is 4.90 Å².